The fourth-order valence-corrected chi connectivity index (χ4v) is 9.01. The van der Waals surface area contributed by atoms with Crippen LogP contribution in [0.1, 0.15) is 236 Å². The minimum atomic E-state index is -4.55. The third kappa shape index (κ3) is 24.5. The molecule has 11 heteroatoms. The standard InChI is InChI=1S/C50H89O10P/c1-7-9-11-13-15-17-19-21-23-25-27-29-31-33-46(51)56-39-44(59-47(52)34-32-30-28-26-24-22-20-18-16-14-12-10-8-2)40-58-61(54,55)57-38-37-50(6)36-35-45-43(5)48(53)41(3)42(4)49(45)60-50/h44,53H,7-40H2,1-6H3,(H,54,55)/t44-,50?/m1/s1. The van der Waals surface area contributed by atoms with Gasteiger partial charge in [0.1, 0.15) is 23.7 Å². The minimum absolute atomic E-state index is 0.105. The summed E-state index contributed by atoms with van der Waals surface area (Å²) in [5.41, 5.74) is 2.79. The molecule has 0 spiro atoms. The van der Waals surface area contributed by atoms with Gasteiger partial charge in [0.2, 0.25) is 0 Å². The molecule has 1 aliphatic heterocycles. The second-order valence-corrected chi connectivity index (χ2v) is 19.7. The Labute approximate surface area is 372 Å². The Hall–Kier alpha value is -2.13. The van der Waals surface area contributed by atoms with Crippen LogP contribution in [-0.4, -0.2) is 53.5 Å². The lowest BCUT2D eigenvalue weighted by Gasteiger charge is -2.38. The first-order valence-corrected chi connectivity index (χ1v) is 26.3. The summed E-state index contributed by atoms with van der Waals surface area (Å²) in [6, 6.07) is 0. The summed E-state index contributed by atoms with van der Waals surface area (Å²) in [6.07, 6.45) is 32.5. The Balaban J connectivity index is 1.77. The number of carbonyl (C=O) groups is 2. The highest BCUT2D eigenvalue weighted by atomic mass is 31.2. The first-order valence-electron chi connectivity index (χ1n) is 24.8. The van der Waals surface area contributed by atoms with Crippen molar-refractivity contribution in [1.82, 2.24) is 0 Å². The van der Waals surface area contributed by atoms with Crippen molar-refractivity contribution in [2.75, 3.05) is 19.8 Å². The van der Waals surface area contributed by atoms with E-state index in [9.17, 15) is 24.2 Å². The van der Waals surface area contributed by atoms with Gasteiger partial charge in [0.25, 0.3) is 0 Å². The summed E-state index contributed by atoms with van der Waals surface area (Å²) < 4.78 is 41.3. The molecule has 0 fully saturated rings. The summed E-state index contributed by atoms with van der Waals surface area (Å²) in [6.45, 7) is 11.3. The van der Waals surface area contributed by atoms with Gasteiger partial charge in [-0.05, 0) is 70.1 Å². The van der Waals surface area contributed by atoms with Gasteiger partial charge >= 0.3 is 19.8 Å². The SMILES string of the molecule is CCCCCCCCCCCCCCCC(=O)OC[C@H](COP(=O)(O)OCCC1(C)CCc2c(C)c(O)c(C)c(C)c2O1)OC(=O)CCCCCCCCCCCCCCC. The van der Waals surface area contributed by atoms with Gasteiger partial charge in [-0.25, -0.2) is 4.57 Å². The van der Waals surface area contributed by atoms with Crippen LogP contribution in [0.25, 0.3) is 0 Å². The Bertz CT molecular complexity index is 1400. The molecule has 3 atom stereocenters. The molecular weight excluding hydrogens is 792 g/mol. The average molecular weight is 881 g/mol. The maximum absolute atomic E-state index is 13.0. The summed E-state index contributed by atoms with van der Waals surface area (Å²) >= 11 is 0. The summed E-state index contributed by atoms with van der Waals surface area (Å²) in [5, 5.41) is 10.5. The predicted octanol–water partition coefficient (Wildman–Crippen LogP) is 14.3. The number of hydrogen-bond acceptors (Lipinski definition) is 9. The van der Waals surface area contributed by atoms with Crippen molar-refractivity contribution in [2.24, 2.45) is 0 Å². The topological polar surface area (TPSA) is 138 Å². The Morgan fingerprint density at radius 3 is 1.56 bits per heavy atom. The zero-order chi connectivity index (χ0) is 44.8. The Morgan fingerprint density at radius 2 is 1.08 bits per heavy atom. The van der Waals surface area contributed by atoms with Crippen molar-refractivity contribution in [2.45, 2.75) is 252 Å². The van der Waals surface area contributed by atoms with E-state index in [1.807, 2.05) is 27.7 Å². The Morgan fingerprint density at radius 1 is 0.639 bits per heavy atom. The molecule has 61 heavy (non-hydrogen) atoms. The van der Waals surface area contributed by atoms with Crippen molar-refractivity contribution >= 4 is 19.8 Å². The fraction of sp³-hybridized carbons (Fsp3) is 0.840. The lowest BCUT2D eigenvalue weighted by Crippen LogP contribution is -2.38. The molecule has 2 rings (SSSR count). The third-order valence-electron chi connectivity index (χ3n) is 12.6. The second kappa shape index (κ2) is 32.5. The predicted molar refractivity (Wildman–Crippen MR) is 247 cm³/mol. The number of hydrogen-bond donors (Lipinski definition) is 2. The first kappa shape index (κ1) is 55.0. The second-order valence-electron chi connectivity index (χ2n) is 18.2. The molecule has 10 nitrogen and oxygen atoms in total. The van der Waals surface area contributed by atoms with E-state index in [2.05, 4.69) is 13.8 Å². The number of phosphoric acid groups is 1. The van der Waals surface area contributed by atoms with Crippen LogP contribution in [0.15, 0.2) is 0 Å². The molecule has 0 amide bonds. The van der Waals surface area contributed by atoms with Crippen LogP contribution in [0.2, 0.25) is 0 Å². The van der Waals surface area contributed by atoms with E-state index in [1.165, 1.54) is 122 Å². The molecule has 0 aliphatic carbocycles. The fourth-order valence-electron chi connectivity index (χ4n) is 8.26. The molecule has 0 saturated heterocycles. The van der Waals surface area contributed by atoms with Gasteiger partial charge in [0.15, 0.2) is 6.10 Å². The van der Waals surface area contributed by atoms with E-state index in [4.69, 9.17) is 23.3 Å². The molecule has 1 heterocycles. The summed E-state index contributed by atoms with van der Waals surface area (Å²) in [5.74, 6) is 0.201. The van der Waals surface area contributed by atoms with Crippen LogP contribution in [0.4, 0.5) is 0 Å². The highest BCUT2D eigenvalue weighted by Gasteiger charge is 2.36. The number of rotatable bonds is 38. The lowest BCUT2D eigenvalue weighted by molar-refractivity contribution is -0.161. The molecule has 0 bridgehead atoms. The molecule has 0 radical (unpaired) electrons. The molecule has 1 aliphatic rings. The molecular formula is C50H89O10P. The van der Waals surface area contributed by atoms with Gasteiger partial charge in [-0.15, -0.1) is 0 Å². The van der Waals surface area contributed by atoms with Crippen molar-refractivity contribution in [3.63, 3.8) is 0 Å². The number of phosphoric ester groups is 1. The van der Waals surface area contributed by atoms with E-state index >= 15 is 0 Å². The highest BCUT2D eigenvalue weighted by Crippen LogP contribution is 2.46. The van der Waals surface area contributed by atoms with E-state index in [1.54, 1.807) is 0 Å². The van der Waals surface area contributed by atoms with Crippen LogP contribution in [0.5, 0.6) is 11.5 Å². The number of phenolic OH excluding ortho intramolecular Hbond substituents is 1. The number of fused-ring (bicyclic) bond motifs is 1. The quantitative estimate of drug-likeness (QED) is 0.0375. The van der Waals surface area contributed by atoms with Crippen molar-refractivity contribution in [3.8, 4) is 11.5 Å². The number of aromatic hydroxyl groups is 1. The van der Waals surface area contributed by atoms with Crippen LogP contribution in [0.3, 0.4) is 0 Å². The normalized spacial score (nSPS) is 16.4. The lowest BCUT2D eigenvalue weighted by atomic mass is 9.86. The van der Waals surface area contributed by atoms with Crippen LogP contribution in [-0.2, 0) is 39.1 Å². The molecule has 1 aromatic rings. The summed E-state index contributed by atoms with van der Waals surface area (Å²) in [4.78, 5) is 36.2. The zero-order valence-electron chi connectivity index (χ0n) is 39.7. The van der Waals surface area contributed by atoms with Gasteiger partial charge in [-0.2, -0.15) is 0 Å². The number of unbranched alkanes of at least 4 members (excludes halogenated alkanes) is 24. The van der Waals surface area contributed by atoms with E-state index < -0.39 is 32.1 Å². The molecule has 1 aromatic carbocycles. The van der Waals surface area contributed by atoms with Gasteiger partial charge in [0, 0.05) is 24.8 Å². The number of benzene rings is 1. The first-order chi connectivity index (χ1) is 29.3. The maximum atomic E-state index is 13.0. The zero-order valence-corrected chi connectivity index (χ0v) is 40.6. The monoisotopic (exact) mass is 881 g/mol. The largest absolute Gasteiger partial charge is 0.507 e. The number of phenols is 1. The van der Waals surface area contributed by atoms with E-state index in [0.717, 1.165) is 66.5 Å². The molecule has 354 valence electrons. The van der Waals surface area contributed by atoms with Crippen LogP contribution >= 0.6 is 7.82 Å². The molecule has 2 N–H and O–H groups in total. The van der Waals surface area contributed by atoms with Crippen molar-refractivity contribution in [1.29, 1.82) is 0 Å². The third-order valence-corrected chi connectivity index (χ3v) is 13.6. The van der Waals surface area contributed by atoms with Gasteiger partial charge in [0.05, 0.1) is 13.2 Å². The van der Waals surface area contributed by atoms with Gasteiger partial charge in [-0.3, -0.25) is 18.6 Å². The number of esters is 2. The van der Waals surface area contributed by atoms with Gasteiger partial charge < -0.3 is 24.2 Å². The van der Waals surface area contributed by atoms with Crippen molar-refractivity contribution < 1.29 is 47.4 Å². The molecule has 2 unspecified atom stereocenters. The molecule has 0 aromatic heterocycles. The number of carbonyl (C=O) groups excluding carboxylic acids is 2. The highest BCUT2D eigenvalue weighted by molar-refractivity contribution is 7.47. The van der Waals surface area contributed by atoms with Crippen LogP contribution < -0.4 is 4.74 Å². The van der Waals surface area contributed by atoms with E-state index in [-0.39, 0.29) is 32.0 Å². The van der Waals surface area contributed by atoms with Gasteiger partial charge in [-0.1, -0.05) is 168 Å². The maximum Gasteiger partial charge on any atom is 0.472 e. The number of ether oxygens (including phenoxy) is 3. The van der Waals surface area contributed by atoms with Crippen LogP contribution in [0, 0.1) is 20.8 Å². The van der Waals surface area contributed by atoms with Crippen molar-refractivity contribution in [3.05, 3.63) is 22.3 Å². The minimum Gasteiger partial charge on any atom is -0.507 e. The average Bonchev–Trinajstić information content (AvgIpc) is 3.23. The molecule has 0 saturated carbocycles. The Kier molecular flexibility index (Phi) is 29.3. The van der Waals surface area contributed by atoms with E-state index in [0.29, 0.717) is 31.4 Å². The smallest absolute Gasteiger partial charge is 0.472 e. The summed E-state index contributed by atoms with van der Waals surface area (Å²) in [7, 11) is -4.55.